The fourth-order valence-corrected chi connectivity index (χ4v) is 6.42. The molecule has 6 N–H and O–H groups in total. The molecule has 216 valence electrons. The second-order valence-corrected chi connectivity index (χ2v) is 12.0. The Labute approximate surface area is 231 Å². The highest BCUT2D eigenvalue weighted by Crippen LogP contribution is 2.58. The van der Waals surface area contributed by atoms with E-state index in [9.17, 15) is 39.6 Å². The van der Waals surface area contributed by atoms with E-state index in [2.05, 4.69) is 0 Å². The van der Waals surface area contributed by atoms with E-state index in [0.29, 0.717) is 16.8 Å². The largest absolute Gasteiger partial charge is 0.508 e. The lowest BCUT2D eigenvalue weighted by atomic mass is 9.55. The number of phenolic OH excluding ortho intramolecular Hbond substituents is 1. The summed E-state index contributed by atoms with van der Waals surface area (Å²) in [5.41, 5.74) is 2.11. The van der Waals surface area contributed by atoms with E-state index in [4.69, 9.17) is 10.5 Å². The zero-order chi connectivity index (χ0) is 30.2. The predicted molar refractivity (Wildman–Crippen MR) is 145 cm³/mol. The number of phenols is 1. The molecule has 1 saturated carbocycles. The third-order valence-corrected chi connectivity index (χ3v) is 8.39. The number of carbonyl (C=O) groups is 4. The van der Waals surface area contributed by atoms with Crippen LogP contribution in [0, 0.1) is 11.8 Å². The van der Waals surface area contributed by atoms with Gasteiger partial charge in [-0.25, -0.2) is 0 Å². The summed E-state index contributed by atoms with van der Waals surface area (Å²) >= 11 is 0. The number of rotatable bonds is 4. The second-order valence-electron chi connectivity index (χ2n) is 12.0. The van der Waals surface area contributed by atoms with Crippen LogP contribution in [-0.4, -0.2) is 69.7 Å². The van der Waals surface area contributed by atoms with Crippen molar-refractivity contribution in [2.24, 2.45) is 17.6 Å². The molecule has 0 bridgehead atoms. The maximum absolute atomic E-state index is 14.1. The summed E-state index contributed by atoms with van der Waals surface area (Å²) in [5.74, 6) is -9.49. The number of Topliss-reactive ketones (excluding diaryl/α,β-unsaturated/α-hetero) is 2. The fraction of sp³-hybridized carbons (Fsp3) is 0.517. The molecule has 0 saturated heterocycles. The number of nitrogens with two attached hydrogens (primary N) is 1. The van der Waals surface area contributed by atoms with E-state index < -0.39 is 81.8 Å². The first kappa shape index (κ1) is 29.1. The summed E-state index contributed by atoms with van der Waals surface area (Å²) in [7, 11) is 3.57. The second kappa shape index (κ2) is 9.36. The van der Waals surface area contributed by atoms with Crippen molar-refractivity contribution in [1.29, 1.82) is 0 Å². The number of amides is 1. The Morgan fingerprint density at radius 2 is 1.77 bits per heavy atom. The average Bonchev–Trinajstić information content (AvgIpc) is 2.84. The molecule has 1 aromatic rings. The standard InChI is InChI=1S/C29H36N2O9/c1-8-16(33)40-24-13-10-15(32)19(27(30)38)25(36)29(13,39)26(37)21-18(24)11(2)17-14(31(6)7)9-12(28(3,4)5)22(34)20(17)23(21)35/h9,11,13,18,24,34-36,39H,8,10H2,1-7H3,(H2,30,38)/t11-,13+,18+,24+,29+/m0/s1. The number of aromatic hydroxyl groups is 1. The third-order valence-electron chi connectivity index (χ3n) is 8.39. The van der Waals surface area contributed by atoms with Crippen LogP contribution in [0.3, 0.4) is 0 Å². The van der Waals surface area contributed by atoms with Gasteiger partial charge in [0.1, 0.15) is 28.9 Å². The highest BCUT2D eigenvalue weighted by Gasteiger charge is 2.66. The SMILES string of the molecule is CCC(=O)O[C@H]1[C@H]2C(=C(O)c3c(O)c(C(C)(C)C)cc(N(C)C)c3[C@@H]2C)C(=O)[C@]2(O)C(O)=C(C(N)=O)C(=O)C[C@H]12. The van der Waals surface area contributed by atoms with Crippen molar-refractivity contribution in [2.45, 2.75) is 70.5 Å². The van der Waals surface area contributed by atoms with Crippen LogP contribution in [0.5, 0.6) is 5.75 Å². The van der Waals surface area contributed by atoms with Gasteiger partial charge in [-0.15, -0.1) is 0 Å². The zero-order valence-corrected chi connectivity index (χ0v) is 23.7. The smallest absolute Gasteiger partial charge is 0.305 e. The fourth-order valence-electron chi connectivity index (χ4n) is 6.42. The number of nitrogens with zero attached hydrogens (tertiary/aromatic N) is 1. The van der Waals surface area contributed by atoms with Crippen LogP contribution in [0.2, 0.25) is 0 Å². The van der Waals surface area contributed by atoms with Gasteiger partial charge >= 0.3 is 5.97 Å². The maximum Gasteiger partial charge on any atom is 0.305 e. The summed E-state index contributed by atoms with van der Waals surface area (Å²) in [5, 5.41) is 45.9. The van der Waals surface area contributed by atoms with Gasteiger partial charge in [-0.05, 0) is 23.0 Å². The Bertz CT molecular complexity index is 1420. The first-order valence-corrected chi connectivity index (χ1v) is 13.2. The Morgan fingerprint density at radius 3 is 2.27 bits per heavy atom. The number of fused-ring (bicyclic) bond motifs is 3. The summed E-state index contributed by atoms with van der Waals surface area (Å²) < 4.78 is 5.75. The molecule has 4 rings (SSSR count). The summed E-state index contributed by atoms with van der Waals surface area (Å²) in [6, 6.07) is 1.80. The third kappa shape index (κ3) is 3.89. The van der Waals surface area contributed by atoms with E-state index in [-0.39, 0.29) is 23.3 Å². The minimum Gasteiger partial charge on any atom is -0.508 e. The lowest BCUT2D eigenvalue weighted by molar-refractivity contribution is -0.178. The molecule has 0 aromatic heterocycles. The number of esters is 1. The number of hydrogen-bond acceptors (Lipinski definition) is 10. The first-order valence-electron chi connectivity index (χ1n) is 13.2. The average molecular weight is 557 g/mol. The number of primary amides is 1. The molecule has 1 aromatic carbocycles. The topological polar surface area (TPSA) is 188 Å². The molecule has 5 atom stereocenters. The number of aliphatic hydroxyl groups excluding tert-OH is 2. The van der Waals surface area contributed by atoms with Crippen LogP contribution in [-0.2, 0) is 29.3 Å². The Morgan fingerprint density at radius 1 is 1.18 bits per heavy atom. The van der Waals surface area contributed by atoms with Crippen molar-refractivity contribution in [3.63, 3.8) is 0 Å². The number of ketones is 2. The Hall–Kier alpha value is -3.86. The monoisotopic (exact) mass is 556 g/mol. The molecule has 1 amide bonds. The predicted octanol–water partition coefficient (Wildman–Crippen LogP) is 2.28. The van der Waals surface area contributed by atoms with Crippen LogP contribution in [0.25, 0.3) is 5.76 Å². The van der Waals surface area contributed by atoms with Gasteiger partial charge in [0.2, 0.25) is 5.78 Å². The normalized spacial score (nSPS) is 28.1. The van der Waals surface area contributed by atoms with Gasteiger partial charge in [0.05, 0.1) is 5.56 Å². The van der Waals surface area contributed by atoms with Gasteiger partial charge in [0.15, 0.2) is 11.4 Å². The first-order chi connectivity index (χ1) is 18.4. The minimum absolute atomic E-state index is 0.0173. The van der Waals surface area contributed by atoms with Crippen LogP contribution in [0.4, 0.5) is 5.69 Å². The number of aliphatic hydroxyl groups is 3. The van der Waals surface area contributed by atoms with Crippen LogP contribution < -0.4 is 10.6 Å². The van der Waals surface area contributed by atoms with Gasteiger partial charge < -0.3 is 35.8 Å². The molecule has 0 heterocycles. The highest BCUT2D eigenvalue weighted by molar-refractivity contribution is 6.23. The van der Waals surface area contributed by atoms with E-state index in [1.165, 1.54) is 0 Å². The van der Waals surface area contributed by atoms with Crippen LogP contribution >= 0.6 is 0 Å². The number of carbonyl (C=O) groups excluding carboxylic acids is 4. The summed E-state index contributed by atoms with van der Waals surface area (Å²) in [6.07, 6.45) is -2.06. The number of hydrogen-bond donors (Lipinski definition) is 5. The van der Waals surface area contributed by atoms with Gasteiger partial charge in [-0.3, -0.25) is 19.2 Å². The zero-order valence-electron chi connectivity index (χ0n) is 23.7. The molecule has 0 radical (unpaired) electrons. The molecule has 40 heavy (non-hydrogen) atoms. The molecule has 3 aliphatic carbocycles. The summed E-state index contributed by atoms with van der Waals surface area (Å²) in [6.45, 7) is 8.90. The maximum atomic E-state index is 14.1. The van der Waals surface area contributed by atoms with Crippen molar-refractivity contribution in [1.82, 2.24) is 0 Å². The molecular weight excluding hydrogens is 520 g/mol. The van der Waals surface area contributed by atoms with E-state index in [0.717, 1.165) is 0 Å². The quantitative estimate of drug-likeness (QED) is 0.272. The van der Waals surface area contributed by atoms with E-state index in [1.807, 2.05) is 20.8 Å². The number of anilines is 1. The molecule has 0 unspecified atom stereocenters. The molecule has 3 aliphatic rings. The highest BCUT2D eigenvalue weighted by atomic mass is 16.5. The van der Waals surface area contributed by atoms with Gasteiger partial charge in [-0.2, -0.15) is 0 Å². The molecule has 0 aliphatic heterocycles. The van der Waals surface area contributed by atoms with Crippen molar-refractivity contribution >= 4 is 34.9 Å². The molecule has 11 heteroatoms. The summed E-state index contributed by atoms with van der Waals surface area (Å²) in [4.78, 5) is 53.5. The van der Waals surface area contributed by atoms with Crippen LogP contribution in [0.1, 0.15) is 70.1 Å². The molecule has 1 fully saturated rings. The Balaban J connectivity index is 2.13. The number of benzene rings is 1. The van der Waals surface area contributed by atoms with Gasteiger partial charge in [-0.1, -0.05) is 34.6 Å². The van der Waals surface area contributed by atoms with Gasteiger partial charge in [0.25, 0.3) is 5.91 Å². The molecule has 0 spiro atoms. The van der Waals surface area contributed by atoms with Gasteiger partial charge in [0, 0.05) is 55.6 Å². The lowest BCUT2D eigenvalue weighted by Crippen LogP contribution is -2.64. The molecule has 11 nitrogen and oxygen atoms in total. The Kier molecular flexibility index (Phi) is 6.82. The van der Waals surface area contributed by atoms with Crippen LogP contribution in [0.15, 0.2) is 23.0 Å². The number of ether oxygens (including phenoxy) is 1. The van der Waals surface area contributed by atoms with E-state index in [1.54, 1.807) is 38.9 Å². The van der Waals surface area contributed by atoms with Crippen molar-refractivity contribution in [2.75, 3.05) is 19.0 Å². The van der Waals surface area contributed by atoms with Crippen molar-refractivity contribution < 1.29 is 44.3 Å². The lowest BCUT2D eigenvalue weighted by Gasteiger charge is -2.51. The van der Waals surface area contributed by atoms with Crippen molar-refractivity contribution in [3.8, 4) is 5.75 Å². The van der Waals surface area contributed by atoms with E-state index >= 15 is 0 Å². The molecular formula is C29H36N2O9. The van der Waals surface area contributed by atoms with Crippen molar-refractivity contribution in [3.05, 3.63) is 39.7 Å². The minimum atomic E-state index is -2.89.